The molecule has 1 aliphatic rings. The first-order chi connectivity index (χ1) is 9.68. The molecule has 106 valence electrons. The summed E-state index contributed by atoms with van der Waals surface area (Å²) in [6, 6.07) is 7.89. The van der Waals surface area contributed by atoms with Gasteiger partial charge in [-0.15, -0.1) is 0 Å². The lowest BCUT2D eigenvalue weighted by Gasteiger charge is -2.31. The average Bonchev–Trinajstić information content (AvgIpc) is 2.82. The fourth-order valence-corrected chi connectivity index (χ4v) is 2.93. The molecule has 0 amide bonds. The van der Waals surface area contributed by atoms with Gasteiger partial charge in [-0.1, -0.05) is 18.2 Å². The fourth-order valence-electron chi connectivity index (χ4n) is 2.93. The largest absolute Gasteiger partial charge is 0.379 e. The van der Waals surface area contributed by atoms with Crippen molar-refractivity contribution in [2.45, 2.75) is 19.9 Å². The maximum atomic E-state index is 12.8. The van der Waals surface area contributed by atoms with Gasteiger partial charge in [0.2, 0.25) is 0 Å². The van der Waals surface area contributed by atoms with Crippen molar-refractivity contribution in [1.82, 2.24) is 9.88 Å². The highest BCUT2D eigenvalue weighted by molar-refractivity contribution is 6.11. The van der Waals surface area contributed by atoms with Gasteiger partial charge in [-0.2, -0.15) is 0 Å². The van der Waals surface area contributed by atoms with Gasteiger partial charge in [0.15, 0.2) is 5.78 Å². The molecule has 1 aromatic heterocycles. The lowest BCUT2D eigenvalue weighted by molar-refractivity contribution is 0.0209. The first-order valence-corrected chi connectivity index (χ1v) is 7.12. The van der Waals surface area contributed by atoms with Crippen molar-refractivity contribution in [2.24, 2.45) is 0 Å². The molecule has 1 N–H and O–H groups in total. The Morgan fingerprint density at radius 1 is 1.30 bits per heavy atom. The van der Waals surface area contributed by atoms with Crippen LogP contribution in [0.3, 0.4) is 0 Å². The summed E-state index contributed by atoms with van der Waals surface area (Å²) in [4.78, 5) is 18.3. The zero-order valence-electron chi connectivity index (χ0n) is 12.0. The molecular weight excluding hydrogens is 252 g/mol. The number of ether oxygens (including phenoxy) is 1. The highest BCUT2D eigenvalue weighted by atomic mass is 16.5. The molecule has 0 saturated carbocycles. The number of rotatable bonds is 3. The number of H-pyrrole nitrogens is 1. The summed E-state index contributed by atoms with van der Waals surface area (Å²) in [5, 5.41) is 1.02. The zero-order chi connectivity index (χ0) is 14.1. The summed E-state index contributed by atoms with van der Waals surface area (Å²) in [5.41, 5.74) is 2.82. The average molecular weight is 272 g/mol. The molecule has 2 heterocycles. The molecule has 0 unspecified atom stereocenters. The molecule has 0 aliphatic carbocycles. The van der Waals surface area contributed by atoms with Gasteiger partial charge in [0.1, 0.15) is 0 Å². The van der Waals surface area contributed by atoms with Crippen LogP contribution >= 0.6 is 0 Å². The third-order valence-electron chi connectivity index (χ3n) is 4.11. The fraction of sp³-hybridized carbons (Fsp3) is 0.438. The standard InChI is InChI=1S/C16H20N2O2/c1-11-15(13-5-3-4-6-14(13)17-11)16(19)12(2)18-7-9-20-10-8-18/h3-6,12,17H,7-10H2,1-2H3/t12-/m0/s1. The number of fused-ring (bicyclic) bond motifs is 1. The van der Waals surface area contributed by atoms with Crippen LogP contribution in [0.5, 0.6) is 0 Å². The van der Waals surface area contributed by atoms with Gasteiger partial charge in [-0.25, -0.2) is 0 Å². The molecule has 0 radical (unpaired) electrons. The van der Waals surface area contributed by atoms with E-state index in [-0.39, 0.29) is 11.8 Å². The quantitative estimate of drug-likeness (QED) is 0.873. The Morgan fingerprint density at radius 2 is 2.00 bits per heavy atom. The topological polar surface area (TPSA) is 45.3 Å². The number of hydrogen-bond donors (Lipinski definition) is 1. The second kappa shape index (κ2) is 5.38. The van der Waals surface area contributed by atoms with E-state index in [1.165, 1.54) is 0 Å². The summed E-state index contributed by atoms with van der Waals surface area (Å²) in [5.74, 6) is 0.196. The van der Waals surface area contributed by atoms with E-state index in [4.69, 9.17) is 4.74 Å². The molecule has 4 heteroatoms. The highest BCUT2D eigenvalue weighted by Crippen LogP contribution is 2.24. The van der Waals surface area contributed by atoms with E-state index in [1.807, 2.05) is 38.1 Å². The molecule has 1 aliphatic heterocycles. The third kappa shape index (κ3) is 2.25. The smallest absolute Gasteiger partial charge is 0.182 e. The van der Waals surface area contributed by atoms with Crippen LogP contribution in [0.25, 0.3) is 10.9 Å². The van der Waals surface area contributed by atoms with Crippen LogP contribution in [0.2, 0.25) is 0 Å². The highest BCUT2D eigenvalue weighted by Gasteiger charge is 2.27. The lowest BCUT2D eigenvalue weighted by Crippen LogP contribution is -2.45. The van der Waals surface area contributed by atoms with E-state index in [0.717, 1.165) is 35.2 Å². The Balaban J connectivity index is 1.93. The van der Waals surface area contributed by atoms with Crippen LogP contribution in [0.4, 0.5) is 0 Å². The second-order valence-corrected chi connectivity index (χ2v) is 5.36. The number of aromatic nitrogens is 1. The first kappa shape index (κ1) is 13.3. The zero-order valence-corrected chi connectivity index (χ0v) is 12.0. The van der Waals surface area contributed by atoms with Crippen molar-refractivity contribution in [3.63, 3.8) is 0 Å². The molecule has 1 fully saturated rings. The summed E-state index contributed by atoms with van der Waals surface area (Å²) in [6.07, 6.45) is 0. The lowest BCUT2D eigenvalue weighted by atomic mass is 10.0. The van der Waals surface area contributed by atoms with Gasteiger partial charge in [-0.05, 0) is 19.9 Å². The predicted octanol–water partition coefficient (Wildman–Crippen LogP) is 2.38. The summed E-state index contributed by atoms with van der Waals surface area (Å²) in [6.45, 7) is 7.05. The number of ketones is 1. The van der Waals surface area contributed by atoms with Crippen LogP contribution < -0.4 is 0 Å². The number of benzene rings is 1. The minimum Gasteiger partial charge on any atom is -0.379 e. The minimum absolute atomic E-state index is 0.100. The normalized spacial score (nSPS) is 18.3. The number of hydrogen-bond acceptors (Lipinski definition) is 3. The van der Waals surface area contributed by atoms with Crippen molar-refractivity contribution in [1.29, 1.82) is 0 Å². The Morgan fingerprint density at radius 3 is 2.75 bits per heavy atom. The molecule has 20 heavy (non-hydrogen) atoms. The van der Waals surface area contributed by atoms with E-state index in [9.17, 15) is 4.79 Å². The van der Waals surface area contributed by atoms with Gasteiger partial charge in [0, 0.05) is 35.2 Å². The van der Waals surface area contributed by atoms with Crippen LogP contribution in [0.1, 0.15) is 23.0 Å². The van der Waals surface area contributed by atoms with E-state index < -0.39 is 0 Å². The summed E-state index contributed by atoms with van der Waals surface area (Å²) in [7, 11) is 0. The van der Waals surface area contributed by atoms with Crippen molar-refractivity contribution < 1.29 is 9.53 Å². The molecule has 3 rings (SSSR count). The van der Waals surface area contributed by atoms with Gasteiger partial charge in [0.05, 0.1) is 19.3 Å². The summed E-state index contributed by atoms with van der Waals surface area (Å²) >= 11 is 0. The Kier molecular flexibility index (Phi) is 3.59. The van der Waals surface area contributed by atoms with Gasteiger partial charge < -0.3 is 9.72 Å². The molecule has 1 atom stereocenters. The molecule has 0 bridgehead atoms. The molecule has 4 nitrogen and oxygen atoms in total. The molecule has 1 aromatic carbocycles. The Bertz CT molecular complexity index is 626. The second-order valence-electron chi connectivity index (χ2n) is 5.36. The Labute approximate surface area is 118 Å². The number of aromatic amines is 1. The van der Waals surface area contributed by atoms with E-state index in [2.05, 4.69) is 9.88 Å². The van der Waals surface area contributed by atoms with Crippen molar-refractivity contribution >= 4 is 16.7 Å². The van der Waals surface area contributed by atoms with Crippen LogP contribution in [0, 0.1) is 6.92 Å². The number of para-hydroxylation sites is 1. The molecule has 2 aromatic rings. The van der Waals surface area contributed by atoms with Gasteiger partial charge >= 0.3 is 0 Å². The van der Waals surface area contributed by atoms with Crippen LogP contribution in [-0.4, -0.2) is 48.0 Å². The van der Waals surface area contributed by atoms with E-state index >= 15 is 0 Å². The van der Waals surface area contributed by atoms with Gasteiger partial charge in [0.25, 0.3) is 0 Å². The van der Waals surface area contributed by atoms with E-state index in [0.29, 0.717) is 13.2 Å². The third-order valence-corrected chi connectivity index (χ3v) is 4.11. The van der Waals surface area contributed by atoms with Crippen molar-refractivity contribution in [3.05, 3.63) is 35.5 Å². The number of Topliss-reactive ketones (excluding diaryl/α,β-unsaturated/α-hetero) is 1. The monoisotopic (exact) mass is 272 g/mol. The molecular formula is C16H20N2O2. The van der Waals surface area contributed by atoms with Crippen molar-refractivity contribution in [3.8, 4) is 0 Å². The summed E-state index contributed by atoms with van der Waals surface area (Å²) < 4.78 is 5.36. The number of aryl methyl sites for hydroxylation is 1. The minimum atomic E-state index is -0.100. The number of nitrogens with one attached hydrogen (secondary N) is 1. The Hall–Kier alpha value is -1.65. The number of nitrogens with zero attached hydrogens (tertiary/aromatic N) is 1. The predicted molar refractivity (Wildman–Crippen MR) is 79.2 cm³/mol. The number of morpholine rings is 1. The maximum absolute atomic E-state index is 12.8. The molecule has 1 saturated heterocycles. The number of carbonyl (C=O) groups is 1. The SMILES string of the molecule is Cc1[nH]c2ccccc2c1C(=O)[C@H](C)N1CCOCC1. The number of carbonyl (C=O) groups excluding carboxylic acids is 1. The van der Waals surface area contributed by atoms with E-state index in [1.54, 1.807) is 0 Å². The van der Waals surface area contributed by atoms with Crippen LogP contribution in [0.15, 0.2) is 24.3 Å². The van der Waals surface area contributed by atoms with Crippen LogP contribution in [-0.2, 0) is 4.74 Å². The van der Waals surface area contributed by atoms with Gasteiger partial charge in [-0.3, -0.25) is 9.69 Å². The maximum Gasteiger partial charge on any atom is 0.182 e. The molecule has 0 spiro atoms. The first-order valence-electron chi connectivity index (χ1n) is 7.12. The van der Waals surface area contributed by atoms with Crippen molar-refractivity contribution in [2.75, 3.05) is 26.3 Å².